The van der Waals surface area contributed by atoms with Gasteiger partial charge in [-0.2, -0.15) is 0 Å². The van der Waals surface area contributed by atoms with E-state index in [0.717, 1.165) is 12.8 Å². The first-order valence-corrected chi connectivity index (χ1v) is 5.78. The van der Waals surface area contributed by atoms with E-state index in [2.05, 4.69) is 0 Å². The van der Waals surface area contributed by atoms with Gasteiger partial charge in [-0.15, -0.1) is 0 Å². The molecule has 1 aliphatic heterocycles. The van der Waals surface area contributed by atoms with Crippen LogP contribution in [0.4, 0.5) is 4.79 Å². The van der Waals surface area contributed by atoms with Crippen LogP contribution in [0, 0.1) is 5.92 Å². The minimum Gasteiger partial charge on any atom is -0.481 e. The van der Waals surface area contributed by atoms with Crippen molar-refractivity contribution in [2.24, 2.45) is 5.92 Å². The number of carboxylic acid groups (broad SMARTS) is 1. The molecule has 2 rings (SSSR count). The van der Waals surface area contributed by atoms with E-state index in [1.807, 2.05) is 6.92 Å². The number of urea groups is 1. The van der Waals surface area contributed by atoms with E-state index in [0.29, 0.717) is 19.0 Å². The Kier molecular flexibility index (Phi) is 2.78. The molecule has 5 nitrogen and oxygen atoms in total. The molecule has 2 aliphatic rings. The fraction of sp³-hybridized carbons (Fsp3) is 0.818. The molecule has 1 N–H and O–H groups in total. The average Bonchev–Trinajstić information content (AvgIpc) is 3.00. The summed E-state index contributed by atoms with van der Waals surface area (Å²) in [5, 5.41) is 8.99. The van der Waals surface area contributed by atoms with Gasteiger partial charge < -0.3 is 14.9 Å². The molecule has 1 aliphatic carbocycles. The van der Waals surface area contributed by atoms with Gasteiger partial charge in [-0.05, 0) is 26.2 Å². The van der Waals surface area contributed by atoms with Crippen molar-refractivity contribution >= 4 is 12.0 Å². The van der Waals surface area contributed by atoms with Crippen molar-refractivity contribution in [3.8, 4) is 0 Å². The SMILES string of the molecule is CC1C(C(=O)O)CCN1C(=O)N(C)C1CC1. The summed E-state index contributed by atoms with van der Waals surface area (Å²) in [6.45, 7) is 2.39. The van der Waals surface area contributed by atoms with Gasteiger partial charge in [0.2, 0.25) is 0 Å². The predicted molar refractivity (Wildman–Crippen MR) is 58.1 cm³/mol. The Hall–Kier alpha value is -1.26. The molecule has 16 heavy (non-hydrogen) atoms. The van der Waals surface area contributed by atoms with Gasteiger partial charge in [-0.3, -0.25) is 4.79 Å². The number of likely N-dealkylation sites (tertiary alicyclic amines) is 1. The normalized spacial score (nSPS) is 29.2. The summed E-state index contributed by atoms with van der Waals surface area (Å²) in [6, 6.07) is 0.175. The standard InChI is InChI=1S/C11H18N2O3/c1-7-9(10(14)15)5-6-13(7)11(16)12(2)8-3-4-8/h7-9H,3-6H2,1-2H3,(H,14,15). The third kappa shape index (κ3) is 1.86. The third-order valence-electron chi connectivity index (χ3n) is 3.71. The summed E-state index contributed by atoms with van der Waals surface area (Å²) in [5.74, 6) is -1.20. The molecular weight excluding hydrogens is 208 g/mol. The van der Waals surface area contributed by atoms with Gasteiger partial charge in [0.15, 0.2) is 0 Å². The monoisotopic (exact) mass is 226 g/mol. The van der Waals surface area contributed by atoms with E-state index in [1.165, 1.54) is 0 Å². The highest BCUT2D eigenvalue weighted by Crippen LogP contribution is 2.30. The van der Waals surface area contributed by atoms with E-state index in [4.69, 9.17) is 5.11 Å². The largest absolute Gasteiger partial charge is 0.481 e. The Bertz CT molecular complexity index is 314. The summed E-state index contributed by atoms with van der Waals surface area (Å²) >= 11 is 0. The molecule has 1 saturated carbocycles. The minimum atomic E-state index is -0.795. The first-order chi connectivity index (χ1) is 7.52. The number of hydrogen-bond donors (Lipinski definition) is 1. The second-order valence-electron chi connectivity index (χ2n) is 4.79. The Morgan fingerprint density at radius 3 is 2.38 bits per heavy atom. The van der Waals surface area contributed by atoms with E-state index in [1.54, 1.807) is 16.8 Å². The van der Waals surface area contributed by atoms with Crippen LogP contribution in [0.5, 0.6) is 0 Å². The van der Waals surface area contributed by atoms with Gasteiger partial charge in [0.1, 0.15) is 0 Å². The number of carboxylic acids is 1. The summed E-state index contributed by atoms with van der Waals surface area (Å²) in [5.41, 5.74) is 0. The summed E-state index contributed by atoms with van der Waals surface area (Å²) in [6.07, 6.45) is 2.72. The fourth-order valence-electron chi connectivity index (χ4n) is 2.36. The van der Waals surface area contributed by atoms with Crippen LogP contribution >= 0.6 is 0 Å². The molecule has 2 atom stereocenters. The number of carbonyl (C=O) groups is 2. The van der Waals surface area contributed by atoms with Crippen molar-refractivity contribution in [3.05, 3.63) is 0 Å². The quantitative estimate of drug-likeness (QED) is 0.764. The van der Waals surface area contributed by atoms with Crippen molar-refractivity contribution in [3.63, 3.8) is 0 Å². The van der Waals surface area contributed by atoms with Crippen molar-refractivity contribution in [1.82, 2.24) is 9.80 Å². The smallest absolute Gasteiger partial charge is 0.320 e. The highest BCUT2D eigenvalue weighted by Gasteiger charge is 2.41. The first kappa shape index (κ1) is 11.2. The molecular formula is C11H18N2O3. The van der Waals surface area contributed by atoms with Crippen molar-refractivity contribution < 1.29 is 14.7 Å². The van der Waals surface area contributed by atoms with Crippen LogP contribution < -0.4 is 0 Å². The number of carbonyl (C=O) groups excluding carboxylic acids is 1. The molecule has 0 aromatic rings. The van der Waals surface area contributed by atoms with Crippen LogP contribution in [0.25, 0.3) is 0 Å². The zero-order valence-electron chi connectivity index (χ0n) is 9.72. The lowest BCUT2D eigenvalue weighted by Gasteiger charge is -2.28. The lowest BCUT2D eigenvalue weighted by molar-refractivity contribution is -0.142. The Morgan fingerprint density at radius 1 is 1.31 bits per heavy atom. The van der Waals surface area contributed by atoms with Crippen LogP contribution in [-0.4, -0.2) is 52.6 Å². The first-order valence-electron chi connectivity index (χ1n) is 5.78. The number of nitrogens with zero attached hydrogens (tertiary/aromatic N) is 2. The lowest BCUT2D eigenvalue weighted by atomic mass is 10.0. The number of hydrogen-bond acceptors (Lipinski definition) is 2. The molecule has 0 spiro atoms. The van der Waals surface area contributed by atoms with Crippen molar-refractivity contribution in [2.75, 3.05) is 13.6 Å². The molecule has 5 heteroatoms. The van der Waals surface area contributed by atoms with Gasteiger partial charge >= 0.3 is 12.0 Å². The highest BCUT2D eigenvalue weighted by molar-refractivity contribution is 5.78. The van der Waals surface area contributed by atoms with Gasteiger partial charge in [0, 0.05) is 25.7 Å². The maximum Gasteiger partial charge on any atom is 0.320 e. The molecule has 2 fully saturated rings. The Labute approximate surface area is 95.0 Å². The average molecular weight is 226 g/mol. The number of rotatable bonds is 2. The van der Waals surface area contributed by atoms with Gasteiger partial charge in [-0.1, -0.05) is 0 Å². The second-order valence-corrected chi connectivity index (χ2v) is 4.79. The number of amides is 2. The van der Waals surface area contributed by atoms with Crippen LogP contribution in [0.15, 0.2) is 0 Å². The van der Waals surface area contributed by atoms with Gasteiger partial charge in [0.05, 0.1) is 5.92 Å². The molecule has 0 aromatic carbocycles. The number of aliphatic carboxylic acids is 1. The maximum atomic E-state index is 12.1. The summed E-state index contributed by atoms with van der Waals surface area (Å²) < 4.78 is 0. The molecule has 90 valence electrons. The van der Waals surface area contributed by atoms with E-state index >= 15 is 0 Å². The maximum absolute atomic E-state index is 12.1. The van der Waals surface area contributed by atoms with Gasteiger partial charge in [0.25, 0.3) is 0 Å². The third-order valence-corrected chi connectivity index (χ3v) is 3.71. The van der Waals surface area contributed by atoms with Gasteiger partial charge in [-0.25, -0.2) is 4.79 Å². The van der Waals surface area contributed by atoms with Crippen LogP contribution in [0.1, 0.15) is 26.2 Å². The van der Waals surface area contributed by atoms with E-state index in [9.17, 15) is 9.59 Å². The lowest BCUT2D eigenvalue weighted by Crippen LogP contribution is -2.45. The molecule has 0 radical (unpaired) electrons. The van der Waals surface area contributed by atoms with E-state index in [-0.39, 0.29) is 12.1 Å². The Balaban J connectivity index is 2.00. The second kappa shape index (κ2) is 3.96. The van der Waals surface area contributed by atoms with Crippen LogP contribution in [0.3, 0.4) is 0 Å². The molecule has 2 amide bonds. The van der Waals surface area contributed by atoms with Crippen LogP contribution in [0.2, 0.25) is 0 Å². The Morgan fingerprint density at radius 2 is 1.94 bits per heavy atom. The fourth-order valence-corrected chi connectivity index (χ4v) is 2.36. The topological polar surface area (TPSA) is 60.9 Å². The highest BCUT2D eigenvalue weighted by atomic mass is 16.4. The van der Waals surface area contributed by atoms with E-state index < -0.39 is 11.9 Å². The molecule has 2 unspecified atom stereocenters. The molecule has 0 bridgehead atoms. The van der Waals surface area contributed by atoms with Crippen LogP contribution in [-0.2, 0) is 4.79 Å². The molecule has 0 aromatic heterocycles. The predicted octanol–water partition coefficient (Wildman–Crippen LogP) is 0.996. The van der Waals surface area contributed by atoms with Crippen molar-refractivity contribution in [1.29, 1.82) is 0 Å². The summed E-state index contributed by atoms with van der Waals surface area (Å²) in [7, 11) is 1.81. The zero-order chi connectivity index (χ0) is 11.9. The molecule has 1 saturated heterocycles. The summed E-state index contributed by atoms with van der Waals surface area (Å²) in [4.78, 5) is 26.5. The minimum absolute atomic E-state index is 0.0150. The zero-order valence-corrected chi connectivity index (χ0v) is 9.72. The molecule has 1 heterocycles. The van der Waals surface area contributed by atoms with Crippen molar-refractivity contribution in [2.45, 2.75) is 38.3 Å².